The second-order valence-electron chi connectivity index (χ2n) is 2.01. The molecule has 0 spiro atoms. The monoisotopic (exact) mass is 276 g/mol. The van der Waals surface area contributed by atoms with Crippen LogP contribution in [0.2, 0.25) is 10.3 Å². The van der Waals surface area contributed by atoms with Crippen molar-refractivity contribution in [1.29, 1.82) is 0 Å². The first-order chi connectivity index (χ1) is 6.06. The van der Waals surface area contributed by atoms with Crippen molar-refractivity contribution in [2.45, 2.75) is 9.99 Å². The summed E-state index contributed by atoms with van der Waals surface area (Å²) in [5.74, 6) is 0. The molecule has 0 aliphatic rings. The predicted octanol–water partition coefficient (Wildman–Crippen LogP) is 3.98. The standard InChI is InChI=1S/C6H4Cl4N2S/c1-13-6-11-4(9)2(3(7)8)5(10)12-6/h3H,1H3. The molecule has 2 nitrogen and oxygen atoms in total. The van der Waals surface area contributed by atoms with Gasteiger partial charge in [-0.1, -0.05) is 58.2 Å². The average molecular weight is 278 g/mol. The van der Waals surface area contributed by atoms with E-state index in [-0.39, 0.29) is 10.3 Å². The summed E-state index contributed by atoms with van der Waals surface area (Å²) < 4.78 is 0. The summed E-state index contributed by atoms with van der Waals surface area (Å²) in [7, 11) is 0. The van der Waals surface area contributed by atoms with E-state index in [1.807, 2.05) is 6.26 Å². The first-order valence-electron chi connectivity index (χ1n) is 3.11. The lowest BCUT2D eigenvalue weighted by Crippen LogP contribution is -1.95. The fourth-order valence-electron chi connectivity index (χ4n) is 0.670. The Balaban J connectivity index is 3.23. The van der Waals surface area contributed by atoms with Gasteiger partial charge >= 0.3 is 0 Å². The summed E-state index contributed by atoms with van der Waals surface area (Å²) in [5.41, 5.74) is 0.351. The molecule has 0 N–H and O–H groups in total. The van der Waals surface area contributed by atoms with Gasteiger partial charge in [-0.3, -0.25) is 0 Å². The number of alkyl halides is 2. The van der Waals surface area contributed by atoms with Gasteiger partial charge in [0.2, 0.25) is 0 Å². The summed E-state index contributed by atoms with van der Waals surface area (Å²) in [6.07, 6.45) is 1.82. The fourth-order valence-corrected chi connectivity index (χ4v) is 2.38. The van der Waals surface area contributed by atoms with Gasteiger partial charge in [0.25, 0.3) is 0 Å². The molecule has 1 heterocycles. The molecule has 1 rings (SSSR count). The third-order valence-electron chi connectivity index (χ3n) is 1.23. The molecule has 1 aromatic heterocycles. The highest BCUT2D eigenvalue weighted by molar-refractivity contribution is 7.98. The average Bonchev–Trinajstić information content (AvgIpc) is 2.02. The number of aromatic nitrogens is 2. The Morgan fingerprint density at radius 2 is 1.62 bits per heavy atom. The minimum Gasteiger partial charge on any atom is -0.210 e. The third kappa shape index (κ3) is 2.77. The summed E-state index contributed by atoms with van der Waals surface area (Å²) >= 11 is 24.2. The zero-order valence-electron chi connectivity index (χ0n) is 6.39. The van der Waals surface area contributed by atoms with Gasteiger partial charge in [0.05, 0.1) is 5.56 Å². The predicted molar refractivity (Wildman–Crippen MR) is 58.3 cm³/mol. The maximum absolute atomic E-state index is 5.79. The quantitative estimate of drug-likeness (QED) is 0.354. The molecule has 0 amide bonds. The van der Waals surface area contributed by atoms with Gasteiger partial charge in [0.1, 0.15) is 15.1 Å². The van der Waals surface area contributed by atoms with Gasteiger partial charge in [-0.15, -0.1) is 0 Å². The molecule has 0 saturated heterocycles. The van der Waals surface area contributed by atoms with Gasteiger partial charge < -0.3 is 0 Å². The Morgan fingerprint density at radius 1 is 1.15 bits per heavy atom. The smallest absolute Gasteiger partial charge is 0.190 e. The minimum atomic E-state index is -0.809. The van der Waals surface area contributed by atoms with Gasteiger partial charge in [-0.25, -0.2) is 9.97 Å². The van der Waals surface area contributed by atoms with E-state index in [2.05, 4.69) is 9.97 Å². The van der Waals surface area contributed by atoms with Crippen LogP contribution in [0.3, 0.4) is 0 Å². The van der Waals surface area contributed by atoms with Crippen molar-refractivity contribution >= 4 is 58.2 Å². The number of thioether (sulfide) groups is 1. The van der Waals surface area contributed by atoms with E-state index in [4.69, 9.17) is 46.4 Å². The van der Waals surface area contributed by atoms with E-state index in [9.17, 15) is 0 Å². The largest absolute Gasteiger partial charge is 0.210 e. The zero-order chi connectivity index (χ0) is 10.0. The number of nitrogens with zero attached hydrogens (tertiary/aromatic N) is 2. The van der Waals surface area contributed by atoms with E-state index in [0.717, 1.165) is 0 Å². The van der Waals surface area contributed by atoms with Crippen LogP contribution in [0.15, 0.2) is 5.16 Å². The molecule has 0 aliphatic carbocycles. The van der Waals surface area contributed by atoms with Crippen LogP contribution >= 0.6 is 58.2 Å². The van der Waals surface area contributed by atoms with E-state index >= 15 is 0 Å². The maximum Gasteiger partial charge on any atom is 0.190 e. The summed E-state index contributed by atoms with van der Waals surface area (Å²) in [4.78, 5) is 7.07. The molecule has 0 atom stereocenters. The number of hydrogen-bond donors (Lipinski definition) is 0. The first kappa shape index (κ1) is 11.7. The second-order valence-corrected chi connectivity index (χ2v) is 4.59. The molecular formula is C6H4Cl4N2S. The van der Waals surface area contributed by atoms with Crippen LogP contribution in [0.5, 0.6) is 0 Å². The van der Waals surface area contributed by atoms with Gasteiger partial charge in [0, 0.05) is 0 Å². The first-order valence-corrected chi connectivity index (χ1v) is 5.96. The van der Waals surface area contributed by atoms with E-state index in [1.165, 1.54) is 11.8 Å². The maximum atomic E-state index is 5.79. The SMILES string of the molecule is CSc1nc(Cl)c(C(Cl)Cl)c(Cl)n1. The second kappa shape index (κ2) is 4.89. The topological polar surface area (TPSA) is 25.8 Å². The van der Waals surface area contributed by atoms with Crippen LogP contribution in [0.1, 0.15) is 10.4 Å². The Labute approximate surface area is 99.9 Å². The molecule has 1 aromatic rings. The van der Waals surface area contributed by atoms with E-state index < -0.39 is 4.84 Å². The third-order valence-corrected chi connectivity index (χ3v) is 2.79. The fraction of sp³-hybridized carbons (Fsp3) is 0.333. The highest BCUT2D eigenvalue weighted by Crippen LogP contribution is 2.35. The van der Waals surface area contributed by atoms with Crippen LogP contribution in [0.25, 0.3) is 0 Å². The molecule has 0 saturated carbocycles. The molecule has 72 valence electrons. The van der Waals surface area contributed by atoms with Crippen LogP contribution in [-0.2, 0) is 0 Å². The summed E-state index contributed by atoms with van der Waals surface area (Å²) in [5, 5.41) is 0.881. The van der Waals surface area contributed by atoms with Crippen molar-refractivity contribution in [2.24, 2.45) is 0 Å². The molecule has 0 fully saturated rings. The Kier molecular flexibility index (Phi) is 4.39. The van der Waals surface area contributed by atoms with Crippen molar-refractivity contribution < 1.29 is 0 Å². The minimum absolute atomic E-state index is 0.194. The van der Waals surface area contributed by atoms with Crippen LogP contribution in [-0.4, -0.2) is 16.2 Å². The zero-order valence-corrected chi connectivity index (χ0v) is 10.2. The number of rotatable bonds is 2. The summed E-state index contributed by atoms with van der Waals surface area (Å²) in [6.45, 7) is 0. The van der Waals surface area contributed by atoms with E-state index in [1.54, 1.807) is 0 Å². The Bertz CT molecular complexity index is 294. The molecule has 0 bridgehead atoms. The van der Waals surface area contributed by atoms with Crippen LogP contribution in [0.4, 0.5) is 0 Å². The van der Waals surface area contributed by atoms with Crippen molar-refractivity contribution in [1.82, 2.24) is 9.97 Å². The van der Waals surface area contributed by atoms with Crippen molar-refractivity contribution in [2.75, 3.05) is 6.26 Å². The van der Waals surface area contributed by atoms with Crippen molar-refractivity contribution in [3.8, 4) is 0 Å². The number of halogens is 4. The molecule has 13 heavy (non-hydrogen) atoms. The Morgan fingerprint density at radius 3 is 1.92 bits per heavy atom. The molecule has 7 heteroatoms. The lowest BCUT2D eigenvalue weighted by Gasteiger charge is -2.06. The molecule has 0 unspecified atom stereocenters. The van der Waals surface area contributed by atoms with Crippen LogP contribution < -0.4 is 0 Å². The Hall–Kier alpha value is 0.590. The lowest BCUT2D eigenvalue weighted by molar-refractivity contribution is 0.947. The van der Waals surface area contributed by atoms with Gasteiger partial charge in [-0.05, 0) is 6.26 Å². The van der Waals surface area contributed by atoms with Crippen molar-refractivity contribution in [3.05, 3.63) is 15.9 Å². The highest BCUT2D eigenvalue weighted by atomic mass is 35.5. The van der Waals surface area contributed by atoms with Gasteiger partial charge in [-0.2, -0.15) is 0 Å². The van der Waals surface area contributed by atoms with Crippen molar-refractivity contribution in [3.63, 3.8) is 0 Å². The normalized spacial score (nSPS) is 10.9. The van der Waals surface area contributed by atoms with Crippen LogP contribution in [0, 0.1) is 0 Å². The molecule has 0 radical (unpaired) electrons. The van der Waals surface area contributed by atoms with Gasteiger partial charge in [0.15, 0.2) is 5.16 Å². The van der Waals surface area contributed by atoms with E-state index in [0.29, 0.717) is 10.7 Å². The lowest BCUT2D eigenvalue weighted by atomic mass is 10.4. The molecular weight excluding hydrogens is 274 g/mol. The number of hydrogen-bond acceptors (Lipinski definition) is 3. The summed E-state index contributed by atoms with van der Waals surface area (Å²) in [6, 6.07) is 0. The molecule has 0 aromatic carbocycles. The highest BCUT2D eigenvalue weighted by Gasteiger charge is 2.16. The molecule has 0 aliphatic heterocycles.